The van der Waals surface area contributed by atoms with Crippen LogP contribution in [0, 0.1) is 0 Å². The summed E-state index contributed by atoms with van der Waals surface area (Å²) in [6.45, 7) is 0.255. The lowest BCUT2D eigenvalue weighted by Crippen LogP contribution is -2.64. The molecule has 2 aliphatic heterocycles. The highest BCUT2D eigenvalue weighted by Gasteiger charge is 2.64. The van der Waals surface area contributed by atoms with Crippen LogP contribution in [0.2, 0.25) is 0 Å². The molecular weight excluding hydrogens is 428 g/mol. The zero-order valence-electron chi connectivity index (χ0n) is 18.8. The molecule has 0 fully saturated rings. The van der Waals surface area contributed by atoms with Crippen LogP contribution in [0.3, 0.4) is 0 Å². The van der Waals surface area contributed by atoms with E-state index in [9.17, 15) is 9.90 Å². The number of pyridine rings is 1. The Labute approximate surface area is 198 Å². The summed E-state index contributed by atoms with van der Waals surface area (Å²) in [6, 6.07) is 22.9. The van der Waals surface area contributed by atoms with Crippen molar-refractivity contribution in [2.45, 2.75) is 23.6 Å². The summed E-state index contributed by atoms with van der Waals surface area (Å²) in [5.41, 5.74) is 1.68. The van der Waals surface area contributed by atoms with Gasteiger partial charge in [0, 0.05) is 18.3 Å². The zero-order chi connectivity index (χ0) is 23.5. The molecule has 0 saturated carbocycles. The van der Waals surface area contributed by atoms with Crippen LogP contribution in [0.1, 0.15) is 23.1 Å². The van der Waals surface area contributed by atoms with Crippen molar-refractivity contribution in [3.05, 3.63) is 108 Å². The molecule has 7 heteroatoms. The van der Waals surface area contributed by atoms with Crippen molar-refractivity contribution in [1.29, 1.82) is 0 Å². The first-order chi connectivity index (χ1) is 16.7. The van der Waals surface area contributed by atoms with Crippen molar-refractivity contribution in [2.75, 3.05) is 19.0 Å². The molecule has 2 N–H and O–H groups in total. The van der Waals surface area contributed by atoms with Crippen LogP contribution in [0.5, 0.6) is 0 Å². The molecular formula is C27H26N4O3. The first-order valence-electron chi connectivity index (χ1n) is 11.2. The number of aromatic nitrogens is 1. The first kappa shape index (κ1) is 21.9. The molecule has 5 rings (SSSR count). The van der Waals surface area contributed by atoms with E-state index in [0.29, 0.717) is 5.71 Å². The number of nitrogens with zero attached hydrogens (tertiary/aromatic N) is 3. The van der Waals surface area contributed by atoms with Crippen molar-refractivity contribution in [3.8, 4) is 0 Å². The molecule has 1 aromatic heterocycles. The van der Waals surface area contributed by atoms with Gasteiger partial charge < -0.3 is 15.2 Å². The van der Waals surface area contributed by atoms with E-state index in [1.54, 1.807) is 17.4 Å². The Balaban J connectivity index is 1.62. The minimum atomic E-state index is -1.45. The number of hydrogen-bond donors (Lipinski definition) is 2. The fourth-order valence-electron chi connectivity index (χ4n) is 4.92. The van der Waals surface area contributed by atoms with Crippen LogP contribution >= 0.6 is 0 Å². The molecule has 2 aromatic carbocycles. The second kappa shape index (κ2) is 9.11. The van der Waals surface area contributed by atoms with Crippen molar-refractivity contribution in [2.24, 2.45) is 5.10 Å². The van der Waals surface area contributed by atoms with E-state index < -0.39 is 23.5 Å². The Kier molecular flexibility index (Phi) is 5.86. The fourth-order valence-corrected chi connectivity index (χ4v) is 4.92. The Morgan fingerprint density at radius 3 is 2.38 bits per heavy atom. The summed E-state index contributed by atoms with van der Waals surface area (Å²) in [4.78, 5) is 17.7. The van der Waals surface area contributed by atoms with Crippen LogP contribution < -0.4 is 5.32 Å². The molecule has 0 saturated heterocycles. The van der Waals surface area contributed by atoms with Gasteiger partial charge in [-0.1, -0.05) is 72.8 Å². The minimum absolute atomic E-state index is 0.255. The second-order valence-electron chi connectivity index (χ2n) is 8.38. The van der Waals surface area contributed by atoms with Gasteiger partial charge in [0.1, 0.15) is 6.10 Å². The molecule has 172 valence electrons. The third kappa shape index (κ3) is 3.54. The van der Waals surface area contributed by atoms with Gasteiger partial charge in [0.15, 0.2) is 5.54 Å². The van der Waals surface area contributed by atoms with Crippen LogP contribution in [0.15, 0.2) is 102 Å². The number of carbonyl (C=O) groups is 1. The third-order valence-electron chi connectivity index (χ3n) is 6.52. The summed E-state index contributed by atoms with van der Waals surface area (Å²) in [5.74, 6) is -0.991. The van der Waals surface area contributed by atoms with E-state index >= 15 is 0 Å². The minimum Gasteiger partial charge on any atom is -0.467 e. The number of carbonyl (C=O) groups excluding carboxylic acids is 1. The maximum absolute atomic E-state index is 13.6. The lowest BCUT2D eigenvalue weighted by atomic mass is 9.71. The number of esters is 1. The lowest BCUT2D eigenvalue weighted by Gasteiger charge is -2.47. The van der Waals surface area contributed by atoms with Gasteiger partial charge in [-0.2, -0.15) is 5.10 Å². The van der Waals surface area contributed by atoms with Crippen molar-refractivity contribution in [3.63, 3.8) is 0 Å². The maximum atomic E-state index is 13.6. The SMILES string of the molecule is COC(=O)C12C(O)C(CNc3cccnc3)=NN1C(c1ccccc1)C=CC2c1ccccc1. The van der Waals surface area contributed by atoms with Gasteiger partial charge in [0.05, 0.1) is 31.1 Å². The molecule has 0 radical (unpaired) electrons. The van der Waals surface area contributed by atoms with E-state index in [0.717, 1.165) is 16.8 Å². The molecule has 3 heterocycles. The summed E-state index contributed by atoms with van der Waals surface area (Å²) >= 11 is 0. The van der Waals surface area contributed by atoms with Gasteiger partial charge in [-0.15, -0.1) is 0 Å². The molecule has 3 aromatic rings. The molecule has 0 aliphatic carbocycles. The molecule has 4 unspecified atom stereocenters. The number of aliphatic hydroxyl groups excluding tert-OH is 1. The Bertz CT molecular complexity index is 1200. The van der Waals surface area contributed by atoms with E-state index in [1.807, 2.05) is 84.9 Å². The van der Waals surface area contributed by atoms with Crippen LogP contribution in [-0.2, 0) is 9.53 Å². The fraction of sp³-hybridized carbons (Fsp3) is 0.222. The lowest BCUT2D eigenvalue weighted by molar-refractivity contribution is -0.163. The Morgan fingerprint density at radius 2 is 1.74 bits per heavy atom. The summed E-state index contributed by atoms with van der Waals surface area (Å²) in [5, 5.41) is 21.6. The normalized spacial score (nSPS) is 25.4. The number of hydrogen-bond acceptors (Lipinski definition) is 7. The number of anilines is 1. The topological polar surface area (TPSA) is 87.0 Å². The largest absolute Gasteiger partial charge is 0.467 e. The van der Waals surface area contributed by atoms with Gasteiger partial charge in [-0.05, 0) is 23.3 Å². The highest BCUT2D eigenvalue weighted by molar-refractivity contribution is 6.02. The van der Waals surface area contributed by atoms with E-state index in [4.69, 9.17) is 9.84 Å². The molecule has 0 bridgehead atoms. The zero-order valence-corrected chi connectivity index (χ0v) is 18.8. The van der Waals surface area contributed by atoms with Gasteiger partial charge in [-0.25, -0.2) is 4.79 Å². The number of ether oxygens (including phenoxy) is 1. The van der Waals surface area contributed by atoms with E-state index in [1.165, 1.54) is 7.11 Å². The standard InChI is InChI=1S/C27H26N4O3/c1-34-26(33)27-22(19-9-4-2-5-10-19)14-15-24(20-11-6-3-7-12-20)31(27)30-23(25(27)32)18-29-21-13-8-16-28-17-21/h2-17,22,24-25,29,32H,18H2,1H3. The van der Waals surface area contributed by atoms with Crippen LogP contribution in [-0.4, -0.2) is 52.1 Å². The number of hydrazone groups is 1. The van der Waals surface area contributed by atoms with Crippen molar-refractivity contribution >= 4 is 17.4 Å². The number of fused-ring (bicyclic) bond motifs is 1. The summed E-state index contributed by atoms with van der Waals surface area (Å²) in [7, 11) is 1.35. The number of methoxy groups -OCH3 is 1. The predicted molar refractivity (Wildman–Crippen MR) is 130 cm³/mol. The molecule has 0 spiro atoms. The Morgan fingerprint density at radius 1 is 1.03 bits per heavy atom. The number of nitrogens with one attached hydrogen (secondary N) is 1. The predicted octanol–water partition coefficient (Wildman–Crippen LogP) is 3.53. The van der Waals surface area contributed by atoms with E-state index in [2.05, 4.69) is 10.3 Å². The number of benzene rings is 2. The molecule has 34 heavy (non-hydrogen) atoms. The Hall–Kier alpha value is -3.97. The monoisotopic (exact) mass is 454 g/mol. The number of aliphatic hydroxyl groups is 1. The van der Waals surface area contributed by atoms with Crippen LogP contribution in [0.4, 0.5) is 5.69 Å². The summed E-state index contributed by atoms with van der Waals surface area (Å²) < 4.78 is 5.33. The average Bonchev–Trinajstić information content (AvgIpc) is 3.21. The van der Waals surface area contributed by atoms with E-state index in [-0.39, 0.29) is 12.6 Å². The van der Waals surface area contributed by atoms with Crippen molar-refractivity contribution < 1.29 is 14.6 Å². The molecule has 4 atom stereocenters. The molecule has 0 amide bonds. The third-order valence-corrected chi connectivity index (χ3v) is 6.52. The van der Waals surface area contributed by atoms with Crippen molar-refractivity contribution in [1.82, 2.24) is 9.99 Å². The summed E-state index contributed by atoms with van der Waals surface area (Å²) in [6.07, 6.45) is 6.25. The molecule has 7 nitrogen and oxygen atoms in total. The van der Waals surface area contributed by atoms with Gasteiger partial charge in [0.25, 0.3) is 0 Å². The van der Waals surface area contributed by atoms with Crippen LogP contribution in [0.25, 0.3) is 0 Å². The highest BCUT2D eigenvalue weighted by atomic mass is 16.5. The maximum Gasteiger partial charge on any atom is 0.337 e. The smallest absolute Gasteiger partial charge is 0.337 e. The van der Waals surface area contributed by atoms with Gasteiger partial charge in [-0.3, -0.25) is 9.99 Å². The quantitative estimate of drug-likeness (QED) is 0.438. The second-order valence-corrected chi connectivity index (χ2v) is 8.38. The first-order valence-corrected chi connectivity index (χ1v) is 11.2. The average molecular weight is 455 g/mol. The highest BCUT2D eigenvalue weighted by Crippen LogP contribution is 2.50. The van der Waals surface area contributed by atoms with Gasteiger partial charge >= 0.3 is 5.97 Å². The van der Waals surface area contributed by atoms with Gasteiger partial charge in [0.2, 0.25) is 0 Å². The molecule has 2 aliphatic rings. The number of rotatable bonds is 6.